The number of aromatic nitrogens is 3. The summed E-state index contributed by atoms with van der Waals surface area (Å²) in [6.07, 6.45) is 3.08. The molecule has 1 fully saturated rings. The van der Waals surface area contributed by atoms with E-state index in [0.717, 1.165) is 70.5 Å². The first-order valence-electron chi connectivity index (χ1n) is 13.5. The molecule has 0 bridgehead atoms. The Morgan fingerprint density at radius 2 is 1.90 bits per heavy atom. The molecule has 5 aromatic rings. The smallest absolute Gasteiger partial charge is 0.141 e. The standard InChI is InChI=1S/C31H31ClN5O3P/c1-21-4-3-5-24(35-21)19-39-30-10-7-23(17-27(30)32)36-31-26-16-22(6-9-28(26)33-20-34-31)29-11-8-25(40-29)18-37-12-14-41(2,38)15-13-37/h3-11,16-17,20H,12-15,18-19H2,1-2H3,(H,33,34,36). The number of ether oxygens (including phenoxy) is 1. The second-order valence-electron chi connectivity index (χ2n) is 10.6. The van der Waals surface area contributed by atoms with Gasteiger partial charge in [0, 0.05) is 47.7 Å². The molecule has 1 saturated heterocycles. The first-order chi connectivity index (χ1) is 19.8. The number of fused-ring (bicyclic) bond motifs is 1. The molecule has 4 heterocycles. The number of benzene rings is 2. The largest absolute Gasteiger partial charge is 0.486 e. The third-order valence-corrected chi connectivity index (χ3v) is 9.84. The van der Waals surface area contributed by atoms with Gasteiger partial charge in [-0.05, 0) is 74.3 Å². The molecule has 1 aliphatic rings. The number of nitrogens with one attached hydrogen (secondary N) is 1. The first kappa shape index (κ1) is 27.5. The molecule has 0 atom stereocenters. The fraction of sp³-hybridized carbons (Fsp3) is 0.258. The molecular formula is C31H31ClN5O3P. The predicted octanol–water partition coefficient (Wildman–Crippen LogP) is 7.38. The van der Waals surface area contributed by atoms with Crippen molar-refractivity contribution < 1.29 is 13.7 Å². The maximum Gasteiger partial charge on any atom is 0.141 e. The van der Waals surface area contributed by atoms with Crippen molar-refractivity contribution in [3.05, 3.63) is 95.2 Å². The van der Waals surface area contributed by atoms with Gasteiger partial charge in [-0.2, -0.15) is 0 Å². The van der Waals surface area contributed by atoms with Crippen molar-refractivity contribution in [2.75, 3.05) is 37.4 Å². The third kappa shape index (κ3) is 6.62. The zero-order valence-electron chi connectivity index (χ0n) is 23.0. The van der Waals surface area contributed by atoms with E-state index < -0.39 is 7.14 Å². The molecule has 3 aromatic heterocycles. The van der Waals surface area contributed by atoms with Crippen LogP contribution in [-0.2, 0) is 17.7 Å². The Balaban J connectivity index is 1.17. The number of rotatable bonds is 8. The van der Waals surface area contributed by atoms with Gasteiger partial charge in [0.1, 0.15) is 36.0 Å². The fourth-order valence-electron chi connectivity index (χ4n) is 4.90. The first-order valence-corrected chi connectivity index (χ1v) is 16.5. The van der Waals surface area contributed by atoms with Gasteiger partial charge < -0.3 is 19.0 Å². The van der Waals surface area contributed by atoms with Crippen LogP contribution in [0.25, 0.3) is 22.2 Å². The summed E-state index contributed by atoms with van der Waals surface area (Å²) in [5.41, 5.74) is 4.31. The van der Waals surface area contributed by atoms with Gasteiger partial charge >= 0.3 is 0 Å². The second kappa shape index (κ2) is 11.6. The van der Waals surface area contributed by atoms with Crippen LogP contribution in [-0.4, -0.2) is 51.9 Å². The van der Waals surface area contributed by atoms with Crippen LogP contribution in [0.4, 0.5) is 11.5 Å². The molecule has 1 N–H and O–H groups in total. The Morgan fingerprint density at radius 1 is 1.05 bits per heavy atom. The number of anilines is 2. The fourth-order valence-corrected chi connectivity index (χ4v) is 6.77. The van der Waals surface area contributed by atoms with Gasteiger partial charge in [-0.25, -0.2) is 9.97 Å². The van der Waals surface area contributed by atoms with Crippen molar-refractivity contribution in [1.82, 2.24) is 19.9 Å². The monoisotopic (exact) mass is 587 g/mol. The van der Waals surface area contributed by atoms with Gasteiger partial charge in [0.15, 0.2) is 0 Å². The van der Waals surface area contributed by atoms with Gasteiger partial charge in [0.25, 0.3) is 0 Å². The lowest BCUT2D eigenvalue weighted by Gasteiger charge is -2.29. The maximum absolute atomic E-state index is 12.3. The van der Waals surface area contributed by atoms with E-state index >= 15 is 0 Å². The molecule has 0 saturated carbocycles. The van der Waals surface area contributed by atoms with Crippen molar-refractivity contribution in [1.29, 1.82) is 0 Å². The van der Waals surface area contributed by atoms with E-state index in [1.54, 1.807) is 0 Å². The summed E-state index contributed by atoms with van der Waals surface area (Å²) in [5.74, 6) is 2.92. The third-order valence-electron chi connectivity index (χ3n) is 7.26. The summed E-state index contributed by atoms with van der Waals surface area (Å²) in [6.45, 7) is 6.59. The summed E-state index contributed by atoms with van der Waals surface area (Å²) in [7, 11) is -1.95. The second-order valence-corrected chi connectivity index (χ2v) is 14.5. The van der Waals surface area contributed by atoms with Crippen molar-refractivity contribution in [3.63, 3.8) is 0 Å². The number of furan rings is 1. The van der Waals surface area contributed by atoms with E-state index in [0.29, 0.717) is 29.7 Å². The quantitative estimate of drug-likeness (QED) is 0.188. The lowest BCUT2D eigenvalue weighted by Crippen LogP contribution is -2.33. The summed E-state index contributed by atoms with van der Waals surface area (Å²) >= 11 is 6.55. The van der Waals surface area contributed by atoms with Crippen LogP contribution in [0.5, 0.6) is 5.75 Å². The molecule has 210 valence electrons. The summed E-state index contributed by atoms with van der Waals surface area (Å²) in [5, 5.41) is 4.72. The zero-order valence-corrected chi connectivity index (χ0v) is 24.7. The van der Waals surface area contributed by atoms with Crippen molar-refractivity contribution in [2.24, 2.45) is 0 Å². The van der Waals surface area contributed by atoms with Crippen molar-refractivity contribution in [2.45, 2.75) is 20.1 Å². The van der Waals surface area contributed by atoms with Crippen LogP contribution in [0.1, 0.15) is 17.1 Å². The van der Waals surface area contributed by atoms with Crippen LogP contribution >= 0.6 is 18.7 Å². The van der Waals surface area contributed by atoms with E-state index in [9.17, 15) is 4.57 Å². The number of pyridine rings is 1. The number of hydrogen-bond acceptors (Lipinski definition) is 8. The molecule has 0 unspecified atom stereocenters. The Bertz CT molecular complexity index is 1750. The average Bonchev–Trinajstić information content (AvgIpc) is 3.42. The van der Waals surface area contributed by atoms with Crippen LogP contribution in [0.2, 0.25) is 5.02 Å². The number of halogens is 1. The van der Waals surface area contributed by atoms with Gasteiger partial charge in [-0.1, -0.05) is 17.7 Å². The zero-order chi connectivity index (χ0) is 28.4. The summed E-state index contributed by atoms with van der Waals surface area (Å²) in [4.78, 5) is 15.7. The Kier molecular flexibility index (Phi) is 7.80. The molecular weight excluding hydrogens is 557 g/mol. The van der Waals surface area contributed by atoms with Gasteiger partial charge in [0.05, 0.1) is 29.9 Å². The van der Waals surface area contributed by atoms with Crippen LogP contribution in [0, 0.1) is 6.92 Å². The van der Waals surface area contributed by atoms with E-state index in [1.807, 2.05) is 80.3 Å². The highest BCUT2D eigenvalue weighted by Gasteiger charge is 2.24. The molecule has 2 aromatic carbocycles. The molecule has 0 radical (unpaired) electrons. The molecule has 1 aliphatic heterocycles. The van der Waals surface area contributed by atoms with Crippen LogP contribution < -0.4 is 10.1 Å². The van der Waals surface area contributed by atoms with Crippen LogP contribution in [0.15, 0.2) is 77.5 Å². The lowest BCUT2D eigenvalue weighted by molar-refractivity contribution is 0.263. The number of hydrogen-bond donors (Lipinski definition) is 1. The van der Waals surface area contributed by atoms with Gasteiger partial charge in [-0.3, -0.25) is 9.88 Å². The average molecular weight is 588 g/mol. The highest BCUT2D eigenvalue weighted by molar-refractivity contribution is 7.63. The van der Waals surface area contributed by atoms with Crippen molar-refractivity contribution in [3.8, 4) is 17.1 Å². The minimum atomic E-state index is -1.95. The number of nitrogens with zero attached hydrogens (tertiary/aromatic N) is 4. The van der Waals surface area contributed by atoms with Crippen molar-refractivity contribution >= 4 is 41.2 Å². The van der Waals surface area contributed by atoms with E-state index in [-0.39, 0.29) is 0 Å². The topological polar surface area (TPSA) is 93.4 Å². The van der Waals surface area contributed by atoms with E-state index in [1.165, 1.54) is 6.33 Å². The van der Waals surface area contributed by atoms with E-state index in [4.69, 9.17) is 20.8 Å². The predicted molar refractivity (Wildman–Crippen MR) is 164 cm³/mol. The lowest BCUT2D eigenvalue weighted by atomic mass is 10.1. The Morgan fingerprint density at radius 3 is 2.71 bits per heavy atom. The molecule has 41 heavy (non-hydrogen) atoms. The Hall–Kier alpha value is -3.71. The highest BCUT2D eigenvalue weighted by atomic mass is 35.5. The van der Waals surface area contributed by atoms with Gasteiger partial charge in [-0.15, -0.1) is 0 Å². The number of aryl methyl sites for hydroxylation is 1. The molecule has 6 rings (SSSR count). The molecule has 0 aliphatic carbocycles. The van der Waals surface area contributed by atoms with E-state index in [2.05, 4.69) is 25.2 Å². The minimum Gasteiger partial charge on any atom is -0.486 e. The maximum atomic E-state index is 12.3. The summed E-state index contributed by atoms with van der Waals surface area (Å²) in [6, 6.07) is 21.4. The summed E-state index contributed by atoms with van der Waals surface area (Å²) < 4.78 is 24.4. The van der Waals surface area contributed by atoms with Gasteiger partial charge in [0.2, 0.25) is 0 Å². The SMILES string of the molecule is Cc1cccc(COc2ccc(Nc3ncnc4ccc(-c5ccc(CN6CCP(C)(=O)CC6)o5)cc34)cc2Cl)n1. The molecule has 8 nitrogen and oxygen atoms in total. The molecule has 10 heteroatoms. The minimum absolute atomic E-state index is 0.334. The highest BCUT2D eigenvalue weighted by Crippen LogP contribution is 2.43. The molecule has 0 spiro atoms. The Labute approximate surface area is 244 Å². The molecule has 0 amide bonds. The normalized spacial score (nSPS) is 15.2. The van der Waals surface area contributed by atoms with Crippen LogP contribution in [0.3, 0.4) is 0 Å².